The quantitative estimate of drug-likeness (QED) is 0.437. The Morgan fingerprint density at radius 3 is 2.71 bits per heavy atom. The third-order valence-electron chi connectivity index (χ3n) is 4.07. The highest BCUT2D eigenvalue weighted by atomic mass is 127. The van der Waals surface area contributed by atoms with Gasteiger partial charge in [-0.3, -0.25) is 4.99 Å². The van der Waals surface area contributed by atoms with Crippen LogP contribution in [0.5, 0.6) is 0 Å². The Kier molecular flexibility index (Phi) is 6.56. The molecule has 1 aliphatic rings. The first-order valence-electron chi connectivity index (χ1n) is 7.69. The largest absolute Gasteiger partial charge is 0.386 e. The number of nitrogens with one attached hydrogen (secondary N) is 1. The van der Waals surface area contributed by atoms with E-state index in [9.17, 15) is 9.50 Å². The van der Waals surface area contributed by atoms with Gasteiger partial charge < -0.3 is 15.3 Å². The van der Waals surface area contributed by atoms with Crippen LogP contribution in [0.4, 0.5) is 10.1 Å². The second kappa shape index (κ2) is 8.43. The minimum absolute atomic E-state index is 0. The summed E-state index contributed by atoms with van der Waals surface area (Å²) in [6.45, 7) is 1.04. The summed E-state index contributed by atoms with van der Waals surface area (Å²) in [5, 5.41) is 13.3. The van der Waals surface area contributed by atoms with Gasteiger partial charge in [0.25, 0.3) is 0 Å². The summed E-state index contributed by atoms with van der Waals surface area (Å²) in [5.74, 6) is 0.286. The first-order chi connectivity index (χ1) is 11.2. The molecule has 2 aromatic rings. The van der Waals surface area contributed by atoms with Crippen LogP contribution in [-0.2, 0) is 6.42 Å². The number of aliphatic hydroxyl groups is 1. The van der Waals surface area contributed by atoms with Crippen LogP contribution in [0.3, 0.4) is 0 Å². The van der Waals surface area contributed by atoms with Crippen molar-refractivity contribution in [3.63, 3.8) is 0 Å². The van der Waals surface area contributed by atoms with Crippen LogP contribution in [0.15, 0.2) is 53.5 Å². The van der Waals surface area contributed by atoms with Gasteiger partial charge in [0, 0.05) is 31.4 Å². The number of nitrogens with zero attached hydrogens (tertiary/aromatic N) is 2. The number of anilines is 1. The Labute approximate surface area is 158 Å². The molecule has 4 nitrogen and oxygen atoms in total. The molecule has 1 heterocycles. The fourth-order valence-corrected chi connectivity index (χ4v) is 2.90. The summed E-state index contributed by atoms with van der Waals surface area (Å²) in [5.41, 5.74) is 2.70. The van der Waals surface area contributed by atoms with Gasteiger partial charge in [-0.25, -0.2) is 4.39 Å². The van der Waals surface area contributed by atoms with Gasteiger partial charge in [-0.15, -0.1) is 24.0 Å². The van der Waals surface area contributed by atoms with Crippen molar-refractivity contribution in [3.8, 4) is 0 Å². The first kappa shape index (κ1) is 18.7. The summed E-state index contributed by atoms with van der Waals surface area (Å²) >= 11 is 0. The van der Waals surface area contributed by atoms with Crippen molar-refractivity contribution in [3.05, 3.63) is 65.5 Å². The molecule has 24 heavy (non-hydrogen) atoms. The maximum absolute atomic E-state index is 13.7. The highest BCUT2D eigenvalue weighted by molar-refractivity contribution is 14.0. The number of hydrogen-bond donors (Lipinski definition) is 2. The molecule has 1 aliphatic heterocycles. The Morgan fingerprint density at radius 1 is 1.25 bits per heavy atom. The predicted octanol–water partition coefficient (Wildman–Crippen LogP) is 3.12. The van der Waals surface area contributed by atoms with E-state index >= 15 is 0 Å². The molecule has 0 aliphatic carbocycles. The summed E-state index contributed by atoms with van der Waals surface area (Å²) in [6, 6.07) is 14.5. The number of aliphatic imine (C=N–C) groups is 1. The fourth-order valence-electron chi connectivity index (χ4n) is 2.90. The van der Waals surface area contributed by atoms with Crippen LogP contribution in [-0.4, -0.2) is 31.2 Å². The molecule has 0 saturated carbocycles. The SMILES string of the molecule is CN=C(NCC(O)c1ccccc1F)N1CCc2ccccc21.I. The minimum atomic E-state index is -0.925. The smallest absolute Gasteiger partial charge is 0.198 e. The molecule has 1 unspecified atom stereocenters. The molecule has 2 N–H and O–H groups in total. The number of benzene rings is 2. The second-order valence-electron chi connectivity index (χ2n) is 5.50. The number of halogens is 2. The van der Waals surface area contributed by atoms with E-state index < -0.39 is 11.9 Å². The third-order valence-corrected chi connectivity index (χ3v) is 4.07. The van der Waals surface area contributed by atoms with E-state index in [2.05, 4.69) is 27.3 Å². The van der Waals surface area contributed by atoms with Crippen LogP contribution in [0.1, 0.15) is 17.2 Å². The van der Waals surface area contributed by atoms with E-state index in [-0.39, 0.29) is 36.1 Å². The van der Waals surface area contributed by atoms with Crippen molar-refractivity contribution in [1.82, 2.24) is 5.32 Å². The molecule has 0 saturated heterocycles. The Hall–Kier alpha value is -1.67. The lowest BCUT2D eigenvalue weighted by molar-refractivity contribution is 0.176. The standard InChI is InChI=1S/C18H20FN3O.HI/c1-20-18(22-11-10-13-6-2-5-9-16(13)22)21-12-17(23)14-7-3-4-8-15(14)19;/h2-9,17,23H,10-12H2,1H3,(H,20,21);1H. The Balaban J connectivity index is 0.00000208. The molecular formula is C18H21FIN3O. The summed E-state index contributed by atoms with van der Waals surface area (Å²) in [4.78, 5) is 6.37. The summed E-state index contributed by atoms with van der Waals surface area (Å²) in [7, 11) is 1.71. The molecule has 0 bridgehead atoms. The molecule has 128 valence electrons. The highest BCUT2D eigenvalue weighted by Gasteiger charge is 2.23. The number of para-hydroxylation sites is 1. The zero-order valence-electron chi connectivity index (χ0n) is 13.4. The van der Waals surface area contributed by atoms with Crippen LogP contribution < -0.4 is 10.2 Å². The number of hydrogen-bond acceptors (Lipinski definition) is 2. The van der Waals surface area contributed by atoms with Crippen LogP contribution in [0.25, 0.3) is 0 Å². The lowest BCUT2D eigenvalue weighted by Crippen LogP contribution is -2.42. The average Bonchev–Trinajstić information content (AvgIpc) is 3.00. The molecular weight excluding hydrogens is 420 g/mol. The molecule has 2 aromatic carbocycles. The van der Waals surface area contributed by atoms with E-state index in [1.54, 1.807) is 25.2 Å². The van der Waals surface area contributed by atoms with Gasteiger partial charge in [-0.2, -0.15) is 0 Å². The maximum atomic E-state index is 13.7. The summed E-state index contributed by atoms with van der Waals surface area (Å²) in [6.07, 6.45) is 0.0398. The van der Waals surface area contributed by atoms with Crippen molar-refractivity contribution in [2.75, 3.05) is 25.0 Å². The van der Waals surface area contributed by atoms with Crippen molar-refractivity contribution in [2.45, 2.75) is 12.5 Å². The van der Waals surface area contributed by atoms with Gasteiger partial charge in [0.15, 0.2) is 5.96 Å². The number of fused-ring (bicyclic) bond motifs is 1. The van der Waals surface area contributed by atoms with Gasteiger partial charge in [0.05, 0.1) is 6.10 Å². The van der Waals surface area contributed by atoms with Gasteiger partial charge in [0.1, 0.15) is 5.82 Å². The molecule has 0 spiro atoms. The molecule has 0 fully saturated rings. The van der Waals surface area contributed by atoms with E-state index in [1.165, 1.54) is 11.6 Å². The van der Waals surface area contributed by atoms with Crippen LogP contribution >= 0.6 is 24.0 Å². The molecule has 0 aromatic heterocycles. The van der Waals surface area contributed by atoms with Gasteiger partial charge >= 0.3 is 0 Å². The average molecular weight is 441 g/mol. The van der Waals surface area contributed by atoms with Crippen LogP contribution in [0.2, 0.25) is 0 Å². The van der Waals surface area contributed by atoms with E-state index in [0.29, 0.717) is 5.96 Å². The first-order valence-corrected chi connectivity index (χ1v) is 7.69. The zero-order chi connectivity index (χ0) is 16.2. The van der Waals surface area contributed by atoms with Gasteiger partial charge in [-0.05, 0) is 24.1 Å². The van der Waals surface area contributed by atoms with Crippen LogP contribution in [0, 0.1) is 5.82 Å². The topological polar surface area (TPSA) is 47.9 Å². The third kappa shape index (κ3) is 3.87. The predicted molar refractivity (Wildman–Crippen MR) is 106 cm³/mol. The maximum Gasteiger partial charge on any atom is 0.198 e. The fraction of sp³-hybridized carbons (Fsp3) is 0.278. The van der Waals surface area contributed by atoms with E-state index in [1.807, 2.05) is 12.1 Å². The van der Waals surface area contributed by atoms with Gasteiger partial charge in [-0.1, -0.05) is 36.4 Å². The van der Waals surface area contributed by atoms with E-state index in [0.717, 1.165) is 18.7 Å². The molecule has 0 amide bonds. The number of rotatable bonds is 3. The number of aliphatic hydroxyl groups excluding tert-OH is 1. The Morgan fingerprint density at radius 2 is 1.96 bits per heavy atom. The van der Waals surface area contributed by atoms with Crippen molar-refractivity contribution in [1.29, 1.82) is 0 Å². The van der Waals surface area contributed by atoms with Gasteiger partial charge in [0.2, 0.25) is 0 Å². The second-order valence-corrected chi connectivity index (χ2v) is 5.50. The lowest BCUT2D eigenvalue weighted by atomic mass is 10.1. The highest BCUT2D eigenvalue weighted by Crippen LogP contribution is 2.27. The lowest BCUT2D eigenvalue weighted by Gasteiger charge is -2.23. The van der Waals surface area contributed by atoms with Crippen molar-refractivity contribution < 1.29 is 9.50 Å². The Bertz CT molecular complexity index is 723. The normalized spacial score (nSPS) is 14.8. The monoisotopic (exact) mass is 441 g/mol. The summed E-state index contributed by atoms with van der Waals surface area (Å²) < 4.78 is 13.7. The molecule has 1 atom stereocenters. The van der Waals surface area contributed by atoms with E-state index in [4.69, 9.17) is 0 Å². The minimum Gasteiger partial charge on any atom is -0.386 e. The van der Waals surface area contributed by atoms with Crippen molar-refractivity contribution in [2.24, 2.45) is 4.99 Å². The zero-order valence-corrected chi connectivity index (χ0v) is 15.8. The van der Waals surface area contributed by atoms with Crippen molar-refractivity contribution >= 4 is 35.6 Å². The molecule has 3 rings (SSSR count). The number of guanidine groups is 1. The molecule has 6 heteroatoms. The molecule has 0 radical (unpaired) electrons.